The van der Waals surface area contributed by atoms with E-state index in [-0.39, 0.29) is 5.75 Å². The summed E-state index contributed by atoms with van der Waals surface area (Å²) in [5.74, 6) is 0.190. The smallest absolute Gasteiger partial charge is 0.141 e. The number of allylic oxidation sites excluding steroid dienone is 1. The Balaban J connectivity index is 2.14. The van der Waals surface area contributed by atoms with E-state index in [1.54, 1.807) is 30.6 Å². The van der Waals surface area contributed by atoms with Gasteiger partial charge in [-0.1, -0.05) is 18.2 Å². The molecule has 0 saturated heterocycles. The predicted octanol–water partition coefficient (Wildman–Crippen LogP) is 2.45. The van der Waals surface area contributed by atoms with Gasteiger partial charge in [0.15, 0.2) is 0 Å². The number of hydrogen-bond donors (Lipinski definition) is 1. The molecule has 1 N–H and O–H groups in total. The lowest BCUT2D eigenvalue weighted by Crippen LogP contribution is -1.92. The van der Waals surface area contributed by atoms with Gasteiger partial charge in [-0.25, -0.2) is 0 Å². The Morgan fingerprint density at radius 2 is 2.21 bits per heavy atom. The predicted molar refractivity (Wildman–Crippen MR) is 57.5 cm³/mol. The van der Waals surface area contributed by atoms with Gasteiger partial charge in [0, 0.05) is 18.8 Å². The molecule has 2 rings (SSSR count). The summed E-state index contributed by atoms with van der Waals surface area (Å²) >= 11 is 0. The van der Waals surface area contributed by atoms with Gasteiger partial charge in [0.25, 0.3) is 0 Å². The second-order valence-electron chi connectivity index (χ2n) is 2.96. The number of aromatic hydroxyl groups is 1. The van der Waals surface area contributed by atoms with Crippen LogP contribution in [0.5, 0.6) is 5.75 Å². The summed E-state index contributed by atoms with van der Waals surface area (Å²) in [6.07, 6.45) is 6.21. The van der Waals surface area contributed by atoms with Gasteiger partial charge in [0.1, 0.15) is 11.4 Å². The normalized spacial score (nSPS) is 15.0. The van der Waals surface area contributed by atoms with Crippen LogP contribution >= 0.6 is 0 Å². The number of hydrogen-bond acceptors (Lipinski definition) is 3. The van der Waals surface area contributed by atoms with Gasteiger partial charge >= 0.3 is 0 Å². The molecule has 0 aliphatic carbocycles. The van der Waals surface area contributed by atoms with Crippen LogP contribution in [-0.4, -0.2) is 17.0 Å². The number of phenols is 1. The van der Waals surface area contributed by atoms with Gasteiger partial charge < -0.3 is 5.11 Å². The van der Waals surface area contributed by atoms with Gasteiger partial charge in [-0.15, -0.1) is 0 Å². The average Bonchev–Trinajstić information content (AvgIpc) is 2.69. The van der Waals surface area contributed by atoms with E-state index in [2.05, 4.69) is 9.98 Å². The van der Waals surface area contributed by atoms with Crippen molar-refractivity contribution in [2.24, 2.45) is 9.98 Å². The third-order valence-corrected chi connectivity index (χ3v) is 1.91. The highest BCUT2D eigenvalue weighted by molar-refractivity contribution is 6.32. The van der Waals surface area contributed by atoms with E-state index < -0.39 is 0 Å². The monoisotopic (exact) mass is 186 g/mol. The quantitative estimate of drug-likeness (QED) is 0.708. The molecule has 0 atom stereocenters. The van der Waals surface area contributed by atoms with Crippen molar-refractivity contribution in [3.8, 4) is 5.75 Å². The first kappa shape index (κ1) is 8.69. The maximum absolute atomic E-state index is 9.42. The fourth-order valence-electron chi connectivity index (χ4n) is 1.18. The molecular weight excluding hydrogens is 176 g/mol. The minimum absolute atomic E-state index is 0.190. The number of phenolic OH excluding ortho intramolecular Hbond substituents is 1. The van der Waals surface area contributed by atoms with Crippen LogP contribution in [0, 0.1) is 0 Å². The summed E-state index contributed by atoms with van der Waals surface area (Å²) < 4.78 is 0. The maximum Gasteiger partial charge on any atom is 0.141 e. The highest BCUT2D eigenvalue weighted by atomic mass is 16.3. The van der Waals surface area contributed by atoms with Crippen molar-refractivity contribution in [3.05, 3.63) is 36.5 Å². The molecule has 0 unspecified atom stereocenters. The third-order valence-electron chi connectivity index (χ3n) is 1.91. The minimum Gasteiger partial charge on any atom is -0.506 e. The van der Waals surface area contributed by atoms with Crippen LogP contribution in [0.4, 0.5) is 5.69 Å². The first-order chi connectivity index (χ1) is 6.86. The number of aliphatic imine (C=N–C) groups is 2. The molecule has 1 aliphatic heterocycles. The van der Waals surface area contributed by atoms with Gasteiger partial charge in [0.2, 0.25) is 0 Å². The SMILES string of the molecule is Oc1ccccc1N=CC1=NC=CC1. The fraction of sp³-hybridized carbons (Fsp3) is 0.0909. The zero-order valence-corrected chi connectivity index (χ0v) is 7.59. The van der Waals surface area contributed by atoms with E-state index in [1.807, 2.05) is 12.1 Å². The zero-order chi connectivity index (χ0) is 9.80. The summed E-state index contributed by atoms with van der Waals surface area (Å²) in [6.45, 7) is 0. The average molecular weight is 186 g/mol. The molecule has 0 saturated carbocycles. The molecule has 1 heterocycles. The van der Waals surface area contributed by atoms with Gasteiger partial charge in [-0.2, -0.15) is 0 Å². The molecule has 0 aromatic heterocycles. The van der Waals surface area contributed by atoms with E-state index in [4.69, 9.17) is 0 Å². The summed E-state index contributed by atoms with van der Waals surface area (Å²) in [5, 5.41) is 9.42. The highest BCUT2D eigenvalue weighted by Gasteiger charge is 1.98. The Bertz CT molecular complexity index is 419. The molecular formula is C11H10N2O. The summed E-state index contributed by atoms with van der Waals surface area (Å²) in [5.41, 5.74) is 1.48. The van der Waals surface area contributed by atoms with Crippen LogP contribution in [0.3, 0.4) is 0 Å². The summed E-state index contributed by atoms with van der Waals surface area (Å²) in [6, 6.07) is 6.97. The molecule has 1 aliphatic rings. The van der Waals surface area contributed by atoms with E-state index in [9.17, 15) is 5.11 Å². The van der Waals surface area contributed by atoms with Crippen molar-refractivity contribution in [2.75, 3.05) is 0 Å². The molecule has 0 spiro atoms. The lowest BCUT2D eigenvalue weighted by atomic mass is 10.3. The van der Waals surface area contributed by atoms with Crippen molar-refractivity contribution in [1.29, 1.82) is 0 Å². The second-order valence-corrected chi connectivity index (χ2v) is 2.96. The van der Waals surface area contributed by atoms with Crippen LogP contribution in [0.1, 0.15) is 6.42 Å². The molecule has 14 heavy (non-hydrogen) atoms. The molecule has 3 nitrogen and oxygen atoms in total. The maximum atomic E-state index is 9.42. The standard InChI is InChI=1S/C11H10N2O/c14-11-6-2-1-5-10(11)13-8-9-4-3-7-12-9/h1-3,5-8,14H,4H2. The minimum atomic E-state index is 0.190. The van der Waals surface area contributed by atoms with Gasteiger partial charge in [-0.3, -0.25) is 9.98 Å². The van der Waals surface area contributed by atoms with Gasteiger partial charge in [0.05, 0.1) is 5.71 Å². The lowest BCUT2D eigenvalue weighted by molar-refractivity contribution is 0.477. The van der Waals surface area contributed by atoms with Crippen molar-refractivity contribution >= 4 is 17.6 Å². The Hall–Kier alpha value is -1.90. The number of benzene rings is 1. The Morgan fingerprint density at radius 3 is 2.93 bits per heavy atom. The molecule has 1 aromatic carbocycles. The van der Waals surface area contributed by atoms with E-state index in [0.717, 1.165) is 12.1 Å². The summed E-state index contributed by atoms with van der Waals surface area (Å²) in [7, 11) is 0. The Morgan fingerprint density at radius 1 is 1.36 bits per heavy atom. The molecule has 0 radical (unpaired) electrons. The molecule has 0 fully saturated rings. The highest BCUT2D eigenvalue weighted by Crippen LogP contribution is 2.24. The van der Waals surface area contributed by atoms with Crippen LogP contribution in [0.25, 0.3) is 0 Å². The van der Waals surface area contributed by atoms with Crippen LogP contribution in [0.15, 0.2) is 46.5 Å². The second kappa shape index (κ2) is 3.87. The first-order valence-electron chi connectivity index (χ1n) is 4.40. The van der Waals surface area contributed by atoms with Crippen LogP contribution in [0.2, 0.25) is 0 Å². The zero-order valence-electron chi connectivity index (χ0n) is 7.59. The van der Waals surface area contributed by atoms with E-state index in [1.165, 1.54) is 0 Å². The van der Waals surface area contributed by atoms with Crippen molar-refractivity contribution in [3.63, 3.8) is 0 Å². The molecule has 0 bridgehead atoms. The Labute approximate surface area is 82.1 Å². The molecule has 1 aromatic rings. The van der Waals surface area contributed by atoms with Crippen LogP contribution in [-0.2, 0) is 0 Å². The number of para-hydroxylation sites is 2. The number of nitrogens with zero attached hydrogens (tertiary/aromatic N) is 2. The van der Waals surface area contributed by atoms with Gasteiger partial charge in [-0.05, 0) is 12.1 Å². The third kappa shape index (κ3) is 1.88. The lowest BCUT2D eigenvalue weighted by Gasteiger charge is -1.96. The molecule has 3 heteroatoms. The molecule has 0 amide bonds. The fourth-order valence-corrected chi connectivity index (χ4v) is 1.18. The summed E-state index contributed by atoms with van der Waals surface area (Å²) in [4.78, 5) is 8.23. The molecule has 70 valence electrons. The van der Waals surface area contributed by atoms with Crippen molar-refractivity contribution in [2.45, 2.75) is 6.42 Å². The Kier molecular flexibility index (Phi) is 2.40. The number of rotatable bonds is 2. The topological polar surface area (TPSA) is 45.0 Å². The first-order valence-corrected chi connectivity index (χ1v) is 4.40. The van der Waals surface area contributed by atoms with E-state index >= 15 is 0 Å². The van der Waals surface area contributed by atoms with Crippen molar-refractivity contribution in [1.82, 2.24) is 0 Å². The van der Waals surface area contributed by atoms with Crippen molar-refractivity contribution < 1.29 is 5.11 Å². The largest absolute Gasteiger partial charge is 0.506 e. The van der Waals surface area contributed by atoms with Crippen LogP contribution < -0.4 is 0 Å². The van der Waals surface area contributed by atoms with E-state index in [0.29, 0.717) is 5.69 Å².